The van der Waals surface area contributed by atoms with Gasteiger partial charge in [0.25, 0.3) is 0 Å². The lowest BCUT2D eigenvalue weighted by Crippen LogP contribution is -1.97. The van der Waals surface area contributed by atoms with Crippen LogP contribution in [-0.2, 0) is 13.1 Å². The van der Waals surface area contributed by atoms with E-state index in [1.165, 1.54) is 5.56 Å². The summed E-state index contributed by atoms with van der Waals surface area (Å²) in [7, 11) is 0. The molecule has 0 saturated carbocycles. The highest BCUT2D eigenvalue weighted by Gasteiger charge is 2.04. The molecule has 0 bridgehead atoms. The lowest BCUT2D eigenvalue weighted by molar-refractivity contribution is 0.658. The summed E-state index contributed by atoms with van der Waals surface area (Å²) in [6, 6.07) is 10.0. The number of aromatic nitrogens is 3. The number of rotatable bonds is 3. The fourth-order valence-corrected chi connectivity index (χ4v) is 2.25. The third kappa shape index (κ3) is 2.11. The topological polar surface area (TPSA) is 46.5 Å². The van der Waals surface area contributed by atoms with Crippen LogP contribution in [0.25, 0.3) is 10.9 Å². The summed E-state index contributed by atoms with van der Waals surface area (Å²) in [5, 5.41) is 14.4. The van der Waals surface area contributed by atoms with Crippen LogP contribution in [0.5, 0.6) is 0 Å². The Balaban J connectivity index is 1.98. The molecule has 0 radical (unpaired) electrons. The molecule has 0 saturated heterocycles. The second kappa shape index (κ2) is 4.62. The first-order valence-electron chi connectivity index (χ1n) is 6.30. The highest BCUT2D eigenvalue weighted by Crippen LogP contribution is 2.18. The maximum absolute atomic E-state index is 8.98. The summed E-state index contributed by atoms with van der Waals surface area (Å²) < 4.78 is 4.06. The van der Waals surface area contributed by atoms with Crippen molar-refractivity contribution in [1.29, 1.82) is 5.26 Å². The number of hydrogen-bond acceptors (Lipinski definition) is 2. The first-order chi connectivity index (χ1) is 9.30. The van der Waals surface area contributed by atoms with Crippen molar-refractivity contribution in [2.75, 3.05) is 0 Å². The molecule has 3 aromatic rings. The van der Waals surface area contributed by atoms with Crippen LogP contribution >= 0.6 is 0 Å². The maximum Gasteiger partial charge on any atom is 0.0992 e. The van der Waals surface area contributed by atoms with Crippen molar-refractivity contribution >= 4 is 10.9 Å². The number of fused-ring (bicyclic) bond motifs is 1. The van der Waals surface area contributed by atoms with Gasteiger partial charge in [0.1, 0.15) is 0 Å². The van der Waals surface area contributed by atoms with E-state index < -0.39 is 0 Å². The normalized spacial score (nSPS) is 10.7. The summed E-state index contributed by atoms with van der Waals surface area (Å²) in [5.74, 6) is 0. The van der Waals surface area contributed by atoms with Gasteiger partial charge in [-0.3, -0.25) is 4.68 Å². The first kappa shape index (κ1) is 11.5. The number of aryl methyl sites for hydroxylation is 1. The fraction of sp³-hybridized carbons (Fsp3) is 0.200. The molecule has 3 rings (SSSR count). The molecule has 0 atom stereocenters. The second-order valence-corrected chi connectivity index (χ2v) is 4.53. The summed E-state index contributed by atoms with van der Waals surface area (Å²) in [4.78, 5) is 0. The van der Waals surface area contributed by atoms with Gasteiger partial charge in [-0.1, -0.05) is 6.07 Å². The van der Waals surface area contributed by atoms with Gasteiger partial charge in [-0.2, -0.15) is 10.4 Å². The average Bonchev–Trinajstić information content (AvgIpc) is 3.06. The molecule has 4 nitrogen and oxygen atoms in total. The maximum atomic E-state index is 8.98. The Kier molecular flexibility index (Phi) is 2.81. The van der Waals surface area contributed by atoms with E-state index in [-0.39, 0.29) is 0 Å². The third-order valence-corrected chi connectivity index (χ3v) is 3.27. The van der Waals surface area contributed by atoms with Gasteiger partial charge in [0.05, 0.1) is 24.4 Å². The number of nitrogens with zero attached hydrogens (tertiary/aromatic N) is 4. The van der Waals surface area contributed by atoms with Crippen molar-refractivity contribution in [1.82, 2.24) is 14.3 Å². The predicted molar refractivity (Wildman–Crippen MR) is 73.7 cm³/mol. The standard InChI is InChI=1S/C15H14N4/c1-2-19-11-13(9-17-19)10-18-6-5-14-4-3-12(8-16)7-15(14)18/h3-7,9,11H,2,10H2,1H3. The summed E-state index contributed by atoms with van der Waals surface area (Å²) >= 11 is 0. The van der Waals surface area contributed by atoms with Gasteiger partial charge in [-0.25, -0.2) is 0 Å². The summed E-state index contributed by atoms with van der Waals surface area (Å²) in [6.45, 7) is 3.73. The van der Waals surface area contributed by atoms with Crippen LogP contribution in [0.15, 0.2) is 42.9 Å². The molecule has 94 valence electrons. The molecule has 2 heterocycles. The third-order valence-electron chi connectivity index (χ3n) is 3.27. The number of hydrogen-bond donors (Lipinski definition) is 0. The summed E-state index contributed by atoms with van der Waals surface area (Å²) in [6.07, 6.45) is 6.00. The van der Waals surface area contributed by atoms with E-state index in [0.717, 1.165) is 24.0 Å². The van der Waals surface area contributed by atoms with Crippen LogP contribution in [-0.4, -0.2) is 14.3 Å². The molecule has 4 heteroatoms. The molecule has 19 heavy (non-hydrogen) atoms. The van der Waals surface area contributed by atoms with E-state index in [1.807, 2.05) is 29.1 Å². The van der Waals surface area contributed by atoms with E-state index in [4.69, 9.17) is 5.26 Å². The number of benzene rings is 1. The Labute approximate surface area is 111 Å². The molecule has 1 aromatic carbocycles. The Bertz CT molecular complexity index is 758. The highest BCUT2D eigenvalue weighted by molar-refractivity contribution is 5.81. The fourth-order valence-electron chi connectivity index (χ4n) is 2.25. The summed E-state index contributed by atoms with van der Waals surface area (Å²) in [5.41, 5.74) is 2.95. The quantitative estimate of drug-likeness (QED) is 0.717. The minimum atomic E-state index is 0.691. The van der Waals surface area contributed by atoms with Crippen molar-refractivity contribution in [2.24, 2.45) is 0 Å². The zero-order valence-electron chi connectivity index (χ0n) is 10.7. The molecular formula is C15H14N4. The number of nitriles is 1. The van der Waals surface area contributed by atoms with E-state index in [1.54, 1.807) is 0 Å². The smallest absolute Gasteiger partial charge is 0.0992 e. The van der Waals surface area contributed by atoms with Gasteiger partial charge in [0, 0.05) is 30.0 Å². The molecule has 0 aliphatic carbocycles. The van der Waals surface area contributed by atoms with Crippen LogP contribution in [0.4, 0.5) is 0 Å². The molecule has 0 aliphatic rings. The van der Waals surface area contributed by atoms with Crippen LogP contribution < -0.4 is 0 Å². The molecule has 0 unspecified atom stereocenters. The monoisotopic (exact) mass is 250 g/mol. The van der Waals surface area contributed by atoms with Crippen LogP contribution in [0.1, 0.15) is 18.1 Å². The molecule has 0 spiro atoms. The predicted octanol–water partition coefficient (Wildman–Crippen LogP) is 2.78. The van der Waals surface area contributed by atoms with Gasteiger partial charge in [0.15, 0.2) is 0 Å². The molecule has 2 aromatic heterocycles. The van der Waals surface area contributed by atoms with Crippen molar-refractivity contribution in [3.8, 4) is 6.07 Å². The molecular weight excluding hydrogens is 236 g/mol. The van der Waals surface area contributed by atoms with Gasteiger partial charge in [-0.05, 0) is 30.5 Å². The van der Waals surface area contributed by atoms with Gasteiger partial charge in [-0.15, -0.1) is 0 Å². The Morgan fingerprint density at radius 1 is 1.32 bits per heavy atom. The van der Waals surface area contributed by atoms with Crippen LogP contribution in [0, 0.1) is 11.3 Å². The SMILES string of the molecule is CCn1cc(Cn2ccc3ccc(C#N)cc32)cn1. The highest BCUT2D eigenvalue weighted by atomic mass is 15.3. The van der Waals surface area contributed by atoms with E-state index in [0.29, 0.717) is 5.56 Å². The van der Waals surface area contributed by atoms with E-state index in [9.17, 15) is 0 Å². The molecule has 0 fully saturated rings. The van der Waals surface area contributed by atoms with E-state index >= 15 is 0 Å². The van der Waals surface area contributed by atoms with Crippen molar-refractivity contribution in [2.45, 2.75) is 20.0 Å². The van der Waals surface area contributed by atoms with Crippen LogP contribution in [0.2, 0.25) is 0 Å². The molecule has 0 N–H and O–H groups in total. The lowest BCUT2D eigenvalue weighted by Gasteiger charge is -2.03. The Morgan fingerprint density at radius 2 is 2.21 bits per heavy atom. The van der Waals surface area contributed by atoms with Gasteiger partial charge < -0.3 is 4.57 Å². The minimum absolute atomic E-state index is 0.691. The van der Waals surface area contributed by atoms with E-state index in [2.05, 4.69) is 41.1 Å². The van der Waals surface area contributed by atoms with Gasteiger partial charge >= 0.3 is 0 Å². The lowest BCUT2D eigenvalue weighted by atomic mass is 10.2. The zero-order chi connectivity index (χ0) is 13.2. The van der Waals surface area contributed by atoms with Crippen molar-refractivity contribution in [3.05, 3.63) is 54.0 Å². The first-order valence-corrected chi connectivity index (χ1v) is 6.30. The molecule has 0 amide bonds. The Morgan fingerprint density at radius 3 is 2.95 bits per heavy atom. The largest absolute Gasteiger partial charge is 0.343 e. The average molecular weight is 250 g/mol. The van der Waals surface area contributed by atoms with Crippen LogP contribution in [0.3, 0.4) is 0 Å². The second-order valence-electron chi connectivity index (χ2n) is 4.53. The Hall–Kier alpha value is -2.54. The van der Waals surface area contributed by atoms with Crippen molar-refractivity contribution < 1.29 is 0 Å². The zero-order valence-corrected chi connectivity index (χ0v) is 10.7. The van der Waals surface area contributed by atoms with Crippen molar-refractivity contribution in [3.63, 3.8) is 0 Å². The molecule has 0 aliphatic heterocycles. The van der Waals surface area contributed by atoms with Gasteiger partial charge in [0.2, 0.25) is 0 Å². The minimum Gasteiger partial charge on any atom is -0.343 e.